The molecule has 2 rings (SSSR count). The first kappa shape index (κ1) is 16.7. The Hall–Kier alpha value is -0.660. The molecule has 21 heavy (non-hydrogen) atoms. The summed E-state index contributed by atoms with van der Waals surface area (Å²) in [6, 6.07) is 7.29. The maximum absolute atomic E-state index is 11.4. The molecule has 1 N–H and O–H groups in total. The van der Waals surface area contributed by atoms with Crippen molar-refractivity contribution in [1.29, 1.82) is 0 Å². The molecule has 0 aromatic heterocycles. The zero-order valence-electron chi connectivity index (χ0n) is 12.1. The fraction of sp³-hybridized carbons (Fsp3) is 0.571. The number of hydrogen-bond acceptors (Lipinski definition) is 4. The molecule has 0 saturated carbocycles. The SMILES string of the molecule is CS(=O)(=O)N1CCN(CCC(O)c2ccccc2Cl)CC1. The van der Waals surface area contributed by atoms with E-state index in [1.165, 1.54) is 10.6 Å². The standard InChI is InChI=1S/C14H21ClN2O3S/c1-21(19,20)17-10-8-16(9-11-17)7-6-14(18)12-4-2-3-5-13(12)15/h2-5,14,18H,6-11H2,1H3. The number of sulfonamides is 1. The normalized spacial score (nSPS) is 19.6. The molecule has 1 saturated heterocycles. The van der Waals surface area contributed by atoms with E-state index in [0.29, 0.717) is 37.6 Å². The summed E-state index contributed by atoms with van der Waals surface area (Å²) in [6.45, 7) is 3.15. The van der Waals surface area contributed by atoms with Gasteiger partial charge in [-0.2, -0.15) is 4.31 Å². The minimum Gasteiger partial charge on any atom is -0.388 e. The predicted molar refractivity (Wildman–Crippen MR) is 83.9 cm³/mol. The first-order valence-corrected chi connectivity index (χ1v) is 9.20. The second kappa shape index (κ2) is 7.07. The zero-order valence-corrected chi connectivity index (χ0v) is 13.6. The van der Waals surface area contributed by atoms with Crippen LogP contribution >= 0.6 is 11.6 Å². The Bertz CT molecular complexity index is 571. The van der Waals surface area contributed by atoms with Crippen LogP contribution in [0.1, 0.15) is 18.1 Å². The Balaban J connectivity index is 1.81. The molecule has 1 aliphatic heterocycles. The first-order valence-electron chi connectivity index (χ1n) is 6.98. The van der Waals surface area contributed by atoms with Gasteiger partial charge in [0, 0.05) is 37.7 Å². The highest BCUT2D eigenvalue weighted by Gasteiger charge is 2.23. The third-order valence-electron chi connectivity index (χ3n) is 3.78. The fourth-order valence-electron chi connectivity index (χ4n) is 2.49. The van der Waals surface area contributed by atoms with Crippen molar-refractivity contribution in [2.45, 2.75) is 12.5 Å². The van der Waals surface area contributed by atoms with Crippen LogP contribution in [0.5, 0.6) is 0 Å². The lowest BCUT2D eigenvalue weighted by Crippen LogP contribution is -2.48. The van der Waals surface area contributed by atoms with Crippen LogP contribution in [0.3, 0.4) is 0 Å². The minimum absolute atomic E-state index is 0.515. The molecule has 1 aromatic rings. The van der Waals surface area contributed by atoms with E-state index in [4.69, 9.17) is 11.6 Å². The van der Waals surface area contributed by atoms with Crippen LogP contribution < -0.4 is 0 Å². The van der Waals surface area contributed by atoms with Crippen molar-refractivity contribution in [3.8, 4) is 0 Å². The number of benzene rings is 1. The van der Waals surface area contributed by atoms with Gasteiger partial charge in [0.15, 0.2) is 0 Å². The van der Waals surface area contributed by atoms with Crippen LogP contribution in [-0.2, 0) is 10.0 Å². The van der Waals surface area contributed by atoms with Gasteiger partial charge in [-0.3, -0.25) is 0 Å². The lowest BCUT2D eigenvalue weighted by Gasteiger charge is -2.33. The Morgan fingerprint density at radius 1 is 1.24 bits per heavy atom. The summed E-state index contributed by atoms with van der Waals surface area (Å²) in [5.74, 6) is 0. The van der Waals surface area contributed by atoms with E-state index in [1.807, 2.05) is 18.2 Å². The maximum Gasteiger partial charge on any atom is 0.211 e. The highest BCUT2D eigenvalue weighted by molar-refractivity contribution is 7.88. The van der Waals surface area contributed by atoms with Gasteiger partial charge in [0.1, 0.15) is 0 Å². The molecule has 1 heterocycles. The molecule has 5 nitrogen and oxygen atoms in total. The van der Waals surface area contributed by atoms with E-state index in [9.17, 15) is 13.5 Å². The average molecular weight is 333 g/mol. The van der Waals surface area contributed by atoms with Crippen LogP contribution in [0, 0.1) is 0 Å². The highest BCUT2D eigenvalue weighted by Crippen LogP contribution is 2.25. The van der Waals surface area contributed by atoms with Crippen LogP contribution in [-0.4, -0.2) is 61.7 Å². The molecular weight excluding hydrogens is 312 g/mol. The number of hydrogen-bond donors (Lipinski definition) is 1. The van der Waals surface area contributed by atoms with Gasteiger partial charge in [0.05, 0.1) is 12.4 Å². The van der Waals surface area contributed by atoms with E-state index >= 15 is 0 Å². The van der Waals surface area contributed by atoms with Crippen molar-refractivity contribution < 1.29 is 13.5 Å². The summed E-state index contributed by atoms with van der Waals surface area (Å²) in [6.07, 6.45) is 1.23. The number of halogens is 1. The molecule has 0 bridgehead atoms. The van der Waals surface area contributed by atoms with Crippen molar-refractivity contribution >= 4 is 21.6 Å². The summed E-state index contributed by atoms with van der Waals surface area (Å²) in [5, 5.41) is 10.8. The number of nitrogens with zero attached hydrogens (tertiary/aromatic N) is 2. The van der Waals surface area contributed by atoms with E-state index in [-0.39, 0.29) is 0 Å². The molecule has 1 unspecified atom stereocenters. The molecule has 1 aromatic carbocycles. The van der Waals surface area contributed by atoms with Crippen molar-refractivity contribution in [3.63, 3.8) is 0 Å². The Kier molecular flexibility index (Phi) is 5.62. The van der Waals surface area contributed by atoms with Crippen LogP contribution in [0.2, 0.25) is 5.02 Å². The van der Waals surface area contributed by atoms with Gasteiger partial charge in [-0.15, -0.1) is 0 Å². The minimum atomic E-state index is -3.09. The van der Waals surface area contributed by atoms with Gasteiger partial charge < -0.3 is 10.0 Å². The molecule has 0 amide bonds. The third kappa shape index (κ3) is 4.66. The quantitative estimate of drug-likeness (QED) is 0.884. The molecular formula is C14H21ClN2O3S. The number of aliphatic hydroxyl groups is 1. The number of rotatable bonds is 5. The third-order valence-corrected chi connectivity index (χ3v) is 5.43. The van der Waals surface area contributed by atoms with Crippen molar-refractivity contribution in [2.24, 2.45) is 0 Å². The van der Waals surface area contributed by atoms with Crippen molar-refractivity contribution in [1.82, 2.24) is 9.21 Å². The molecule has 7 heteroatoms. The monoisotopic (exact) mass is 332 g/mol. The summed E-state index contributed by atoms with van der Waals surface area (Å²) < 4.78 is 24.4. The van der Waals surface area contributed by atoms with Gasteiger partial charge in [0.2, 0.25) is 10.0 Å². The average Bonchev–Trinajstić information content (AvgIpc) is 2.45. The summed E-state index contributed by atoms with van der Waals surface area (Å²) in [4.78, 5) is 2.17. The lowest BCUT2D eigenvalue weighted by molar-refractivity contribution is 0.125. The van der Waals surface area contributed by atoms with Gasteiger partial charge in [-0.05, 0) is 18.1 Å². The van der Waals surface area contributed by atoms with Crippen molar-refractivity contribution in [2.75, 3.05) is 39.0 Å². The fourth-order valence-corrected chi connectivity index (χ4v) is 3.58. The van der Waals surface area contributed by atoms with E-state index < -0.39 is 16.1 Å². The Morgan fingerprint density at radius 3 is 2.43 bits per heavy atom. The zero-order chi connectivity index (χ0) is 15.5. The van der Waals surface area contributed by atoms with Gasteiger partial charge >= 0.3 is 0 Å². The Morgan fingerprint density at radius 2 is 1.86 bits per heavy atom. The Labute approximate surface area is 131 Å². The second-order valence-electron chi connectivity index (χ2n) is 5.33. The topological polar surface area (TPSA) is 60.9 Å². The van der Waals surface area contributed by atoms with Crippen LogP contribution in [0.15, 0.2) is 24.3 Å². The molecule has 0 radical (unpaired) electrons. The molecule has 1 aliphatic rings. The van der Waals surface area contributed by atoms with E-state index in [0.717, 1.165) is 12.1 Å². The van der Waals surface area contributed by atoms with Gasteiger partial charge in [-0.25, -0.2) is 8.42 Å². The predicted octanol–water partition coefficient (Wildman–Crippen LogP) is 1.34. The van der Waals surface area contributed by atoms with Gasteiger partial charge in [0.25, 0.3) is 0 Å². The highest BCUT2D eigenvalue weighted by atomic mass is 35.5. The molecule has 1 fully saturated rings. The van der Waals surface area contributed by atoms with E-state index in [1.54, 1.807) is 6.07 Å². The molecule has 1 atom stereocenters. The maximum atomic E-state index is 11.4. The number of aliphatic hydroxyl groups excluding tert-OH is 1. The van der Waals surface area contributed by atoms with Crippen LogP contribution in [0.4, 0.5) is 0 Å². The summed E-state index contributed by atoms with van der Waals surface area (Å²) in [5.41, 5.74) is 0.744. The first-order chi connectivity index (χ1) is 9.88. The smallest absolute Gasteiger partial charge is 0.211 e. The van der Waals surface area contributed by atoms with E-state index in [2.05, 4.69) is 4.90 Å². The molecule has 0 spiro atoms. The lowest BCUT2D eigenvalue weighted by atomic mass is 10.1. The second-order valence-corrected chi connectivity index (χ2v) is 7.72. The van der Waals surface area contributed by atoms with Crippen LogP contribution in [0.25, 0.3) is 0 Å². The largest absolute Gasteiger partial charge is 0.388 e. The molecule has 0 aliphatic carbocycles. The van der Waals surface area contributed by atoms with Gasteiger partial charge in [-0.1, -0.05) is 29.8 Å². The molecule has 118 valence electrons. The number of piperazine rings is 1. The van der Waals surface area contributed by atoms with Crippen molar-refractivity contribution in [3.05, 3.63) is 34.9 Å². The summed E-state index contributed by atoms with van der Waals surface area (Å²) >= 11 is 6.06. The summed E-state index contributed by atoms with van der Waals surface area (Å²) in [7, 11) is -3.09.